The Bertz CT molecular complexity index is 457. The normalized spacial score (nSPS) is 34.3. The van der Waals surface area contributed by atoms with Gasteiger partial charge in [-0.1, -0.05) is 38.8 Å². The maximum Gasteiger partial charge on any atom is 0.183 e. The minimum Gasteiger partial charge on any atom is -0.348 e. The molecule has 1 saturated carbocycles. The molecule has 22 heavy (non-hydrogen) atoms. The average molecular weight is 306 g/mol. The smallest absolute Gasteiger partial charge is 0.183 e. The molecule has 0 aromatic heterocycles. The monoisotopic (exact) mass is 306 g/mol. The third kappa shape index (κ3) is 3.69. The van der Waals surface area contributed by atoms with Crippen LogP contribution in [0.15, 0.2) is 24.3 Å². The van der Waals surface area contributed by atoms with Crippen LogP contribution >= 0.6 is 0 Å². The Morgan fingerprint density at radius 3 is 2.14 bits per heavy atom. The lowest BCUT2D eigenvalue weighted by molar-refractivity contribution is -0.215. The molecule has 2 aliphatic rings. The second-order valence-electron chi connectivity index (χ2n) is 7.19. The molecule has 1 aromatic carbocycles. The highest BCUT2D eigenvalue weighted by molar-refractivity contribution is 5.17. The van der Waals surface area contributed by atoms with Gasteiger partial charge in [-0.15, -0.1) is 0 Å². The van der Waals surface area contributed by atoms with Crippen molar-refractivity contribution < 1.29 is 13.9 Å². The van der Waals surface area contributed by atoms with E-state index >= 15 is 0 Å². The van der Waals surface area contributed by atoms with Crippen molar-refractivity contribution in [3.8, 4) is 0 Å². The minimum atomic E-state index is -0.338. The molecule has 1 unspecified atom stereocenters. The second-order valence-corrected chi connectivity index (χ2v) is 7.19. The molecule has 0 amide bonds. The fraction of sp³-hybridized carbons (Fsp3) is 0.684. The maximum absolute atomic E-state index is 13.0. The van der Waals surface area contributed by atoms with E-state index < -0.39 is 0 Å². The lowest BCUT2D eigenvalue weighted by Gasteiger charge is -2.38. The van der Waals surface area contributed by atoms with Crippen molar-refractivity contribution in [2.45, 2.75) is 45.8 Å². The fourth-order valence-corrected chi connectivity index (χ4v) is 3.83. The van der Waals surface area contributed by atoms with Crippen LogP contribution in [0.5, 0.6) is 0 Å². The molecule has 1 aliphatic carbocycles. The van der Waals surface area contributed by atoms with Crippen LogP contribution in [0.4, 0.5) is 4.39 Å². The van der Waals surface area contributed by atoms with Gasteiger partial charge in [-0.05, 0) is 42.7 Å². The minimum absolute atomic E-state index is 0.224. The van der Waals surface area contributed by atoms with Gasteiger partial charge >= 0.3 is 0 Å². The van der Waals surface area contributed by atoms with Gasteiger partial charge in [0.1, 0.15) is 5.82 Å². The number of rotatable bonds is 3. The molecule has 2 fully saturated rings. The first kappa shape index (κ1) is 15.9. The lowest BCUT2D eigenvalue weighted by Crippen LogP contribution is -2.35. The number of hydrogen-bond donors (Lipinski definition) is 0. The van der Waals surface area contributed by atoms with Crippen molar-refractivity contribution >= 4 is 0 Å². The van der Waals surface area contributed by atoms with Crippen molar-refractivity contribution in [1.29, 1.82) is 0 Å². The highest BCUT2D eigenvalue weighted by atomic mass is 19.1. The van der Waals surface area contributed by atoms with Crippen LogP contribution in [-0.2, 0) is 9.47 Å². The van der Waals surface area contributed by atoms with Gasteiger partial charge < -0.3 is 9.47 Å². The van der Waals surface area contributed by atoms with E-state index in [1.807, 2.05) is 0 Å². The zero-order chi connectivity index (χ0) is 15.5. The number of benzene rings is 1. The molecule has 1 aliphatic heterocycles. The number of hydrogen-bond acceptors (Lipinski definition) is 2. The summed E-state index contributed by atoms with van der Waals surface area (Å²) < 4.78 is 24.8. The predicted octanol–water partition coefficient (Wildman–Crippen LogP) is 4.95. The third-order valence-electron chi connectivity index (χ3n) is 5.61. The molecule has 3 rings (SSSR count). The number of halogens is 1. The van der Waals surface area contributed by atoms with Crippen LogP contribution in [0, 0.1) is 29.5 Å². The summed E-state index contributed by atoms with van der Waals surface area (Å²) in [7, 11) is 0. The SMILES string of the molecule is CC1CCC(C(C)C2COC(c3ccc(F)cc3)OC2)CC1. The van der Waals surface area contributed by atoms with Crippen molar-refractivity contribution in [3.05, 3.63) is 35.6 Å². The molecule has 1 saturated heterocycles. The third-order valence-corrected chi connectivity index (χ3v) is 5.61. The summed E-state index contributed by atoms with van der Waals surface area (Å²) in [6, 6.07) is 6.40. The Morgan fingerprint density at radius 1 is 0.955 bits per heavy atom. The van der Waals surface area contributed by atoms with Crippen LogP contribution in [0.25, 0.3) is 0 Å². The van der Waals surface area contributed by atoms with E-state index in [1.54, 1.807) is 12.1 Å². The first-order chi connectivity index (χ1) is 10.6. The van der Waals surface area contributed by atoms with Gasteiger partial charge in [0.25, 0.3) is 0 Å². The van der Waals surface area contributed by atoms with Crippen LogP contribution in [0.1, 0.15) is 51.4 Å². The molecule has 3 heteroatoms. The van der Waals surface area contributed by atoms with Gasteiger partial charge in [0, 0.05) is 11.5 Å². The quantitative estimate of drug-likeness (QED) is 0.786. The summed E-state index contributed by atoms with van der Waals surface area (Å²) in [4.78, 5) is 0. The van der Waals surface area contributed by atoms with Gasteiger partial charge in [0.15, 0.2) is 6.29 Å². The first-order valence-electron chi connectivity index (χ1n) is 8.62. The topological polar surface area (TPSA) is 18.5 Å². The van der Waals surface area contributed by atoms with Crippen LogP contribution in [0.3, 0.4) is 0 Å². The van der Waals surface area contributed by atoms with Crippen molar-refractivity contribution in [2.75, 3.05) is 13.2 Å². The van der Waals surface area contributed by atoms with Crippen molar-refractivity contribution in [3.63, 3.8) is 0 Å². The maximum atomic E-state index is 13.0. The Morgan fingerprint density at radius 2 is 1.55 bits per heavy atom. The van der Waals surface area contributed by atoms with Crippen molar-refractivity contribution in [2.24, 2.45) is 23.7 Å². The fourth-order valence-electron chi connectivity index (χ4n) is 3.83. The summed E-state index contributed by atoms with van der Waals surface area (Å²) in [6.07, 6.45) is 5.08. The van der Waals surface area contributed by atoms with Crippen LogP contribution < -0.4 is 0 Å². The summed E-state index contributed by atoms with van der Waals surface area (Å²) in [5.74, 6) is 2.62. The molecule has 0 bridgehead atoms. The average Bonchev–Trinajstić information content (AvgIpc) is 2.56. The van der Waals surface area contributed by atoms with Gasteiger partial charge in [-0.3, -0.25) is 0 Å². The van der Waals surface area contributed by atoms with E-state index in [9.17, 15) is 4.39 Å². The first-order valence-corrected chi connectivity index (χ1v) is 8.62. The Balaban J connectivity index is 1.51. The predicted molar refractivity (Wildman–Crippen MR) is 84.8 cm³/mol. The highest BCUT2D eigenvalue weighted by Crippen LogP contribution is 2.38. The van der Waals surface area contributed by atoms with E-state index in [0.29, 0.717) is 11.8 Å². The Labute approximate surface area is 133 Å². The molecule has 122 valence electrons. The van der Waals surface area contributed by atoms with Crippen LogP contribution in [0.2, 0.25) is 0 Å². The summed E-state index contributed by atoms with van der Waals surface area (Å²) in [5, 5.41) is 0. The zero-order valence-corrected chi connectivity index (χ0v) is 13.6. The molecule has 1 heterocycles. The summed E-state index contributed by atoms with van der Waals surface area (Å²) in [6.45, 7) is 6.21. The van der Waals surface area contributed by atoms with E-state index in [1.165, 1.54) is 37.8 Å². The van der Waals surface area contributed by atoms with Crippen molar-refractivity contribution in [1.82, 2.24) is 0 Å². The Hall–Kier alpha value is -0.930. The molecule has 1 atom stereocenters. The van der Waals surface area contributed by atoms with Gasteiger partial charge in [-0.25, -0.2) is 4.39 Å². The van der Waals surface area contributed by atoms with E-state index in [4.69, 9.17) is 9.47 Å². The van der Waals surface area contributed by atoms with E-state index in [0.717, 1.165) is 30.6 Å². The van der Waals surface area contributed by atoms with Crippen LogP contribution in [-0.4, -0.2) is 13.2 Å². The molecule has 0 radical (unpaired) electrons. The molecule has 1 aromatic rings. The van der Waals surface area contributed by atoms with Gasteiger partial charge in [0.05, 0.1) is 13.2 Å². The lowest BCUT2D eigenvalue weighted by atomic mass is 9.73. The largest absolute Gasteiger partial charge is 0.348 e. The highest BCUT2D eigenvalue weighted by Gasteiger charge is 2.32. The molecule has 2 nitrogen and oxygen atoms in total. The van der Waals surface area contributed by atoms with Gasteiger partial charge in [-0.2, -0.15) is 0 Å². The summed E-state index contributed by atoms with van der Waals surface area (Å²) in [5.41, 5.74) is 0.902. The molecule has 0 spiro atoms. The molecular formula is C19H27FO2. The summed E-state index contributed by atoms with van der Waals surface area (Å²) >= 11 is 0. The second kappa shape index (κ2) is 7.10. The van der Waals surface area contributed by atoms with E-state index in [2.05, 4.69) is 13.8 Å². The molecule has 0 N–H and O–H groups in total. The standard InChI is InChI=1S/C19H27FO2/c1-13-3-5-15(6-4-13)14(2)17-11-21-19(22-12-17)16-7-9-18(20)10-8-16/h7-10,13-15,17,19H,3-6,11-12H2,1-2H3. The van der Waals surface area contributed by atoms with E-state index in [-0.39, 0.29) is 12.1 Å². The molecular weight excluding hydrogens is 279 g/mol. The van der Waals surface area contributed by atoms with Gasteiger partial charge in [0.2, 0.25) is 0 Å². The Kier molecular flexibility index (Phi) is 5.14. The zero-order valence-electron chi connectivity index (χ0n) is 13.6. The number of ether oxygens (including phenoxy) is 2.